The number of non-ortho nitro benzene ring substituents is 1. The zero-order valence-corrected chi connectivity index (χ0v) is 14.9. The van der Waals surface area contributed by atoms with Crippen molar-refractivity contribution >= 4 is 17.4 Å². The molecule has 0 bridgehead atoms. The third-order valence-corrected chi connectivity index (χ3v) is 4.98. The van der Waals surface area contributed by atoms with Crippen molar-refractivity contribution in [2.24, 2.45) is 0 Å². The van der Waals surface area contributed by atoms with Crippen molar-refractivity contribution in [1.29, 1.82) is 0 Å². The third kappa shape index (κ3) is 3.88. The highest BCUT2D eigenvalue weighted by atomic mass is 32.2. The van der Waals surface area contributed by atoms with Gasteiger partial charge in [-0.25, -0.2) is 0 Å². The molecule has 0 unspecified atom stereocenters. The van der Waals surface area contributed by atoms with Crippen LogP contribution in [-0.4, -0.2) is 15.1 Å². The fourth-order valence-electron chi connectivity index (χ4n) is 2.36. The van der Waals surface area contributed by atoms with Crippen molar-refractivity contribution < 1.29 is 9.34 Å². The molecule has 0 saturated heterocycles. The Hall–Kier alpha value is -2.67. The van der Waals surface area contributed by atoms with Gasteiger partial charge in [0.25, 0.3) is 10.9 Å². The van der Waals surface area contributed by atoms with Crippen molar-refractivity contribution in [3.05, 3.63) is 69.3 Å². The quantitative estimate of drug-likeness (QED) is 0.359. The Bertz CT molecular complexity index is 923. The highest BCUT2D eigenvalue weighted by Gasteiger charge is 2.16. The van der Waals surface area contributed by atoms with Crippen LogP contribution in [-0.2, 0) is 0 Å². The minimum Gasteiger partial charge on any atom is -0.411 e. The molecule has 3 aromatic rings. The van der Waals surface area contributed by atoms with Crippen LogP contribution in [0.4, 0.5) is 5.69 Å². The van der Waals surface area contributed by atoms with E-state index >= 15 is 0 Å². The predicted molar refractivity (Wildman–Crippen MR) is 96.6 cm³/mol. The van der Waals surface area contributed by atoms with Crippen LogP contribution in [0.3, 0.4) is 0 Å². The maximum absolute atomic E-state index is 10.9. The van der Waals surface area contributed by atoms with E-state index in [-0.39, 0.29) is 10.9 Å². The topological polar surface area (TPSA) is 82.1 Å². The van der Waals surface area contributed by atoms with E-state index in [0.29, 0.717) is 11.1 Å². The fraction of sp³-hybridized carbons (Fsp3) is 0.222. The second-order valence-corrected chi connectivity index (χ2v) is 7.08. The van der Waals surface area contributed by atoms with Crippen molar-refractivity contribution in [3.63, 3.8) is 0 Å². The Morgan fingerprint density at radius 1 is 1.12 bits per heavy atom. The molecule has 1 atom stereocenters. The van der Waals surface area contributed by atoms with Crippen LogP contribution < -0.4 is 0 Å². The molecule has 2 aromatic carbocycles. The summed E-state index contributed by atoms with van der Waals surface area (Å²) in [5, 5.41) is 19.5. The molecule has 0 radical (unpaired) electrons. The molecule has 0 spiro atoms. The number of nitrogens with zero attached hydrogens (tertiary/aromatic N) is 3. The number of hydrogen-bond donors (Lipinski definition) is 0. The van der Waals surface area contributed by atoms with E-state index in [0.717, 1.165) is 16.7 Å². The molecule has 0 saturated carbocycles. The Balaban J connectivity index is 1.77. The van der Waals surface area contributed by atoms with Gasteiger partial charge in [0.15, 0.2) is 0 Å². The Labute approximate surface area is 149 Å². The average Bonchev–Trinajstić information content (AvgIpc) is 3.06. The molecular weight excluding hydrogens is 338 g/mol. The molecule has 3 rings (SSSR count). The highest BCUT2D eigenvalue weighted by molar-refractivity contribution is 7.99. The second-order valence-electron chi connectivity index (χ2n) is 5.78. The van der Waals surface area contributed by atoms with E-state index in [9.17, 15) is 10.1 Å². The normalized spacial score (nSPS) is 12.1. The van der Waals surface area contributed by atoms with Gasteiger partial charge in [-0.05, 0) is 49.6 Å². The smallest absolute Gasteiger partial charge is 0.277 e. The molecule has 1 aromatic heterocycles. The zero-order chi connectivity index (χ0) is 18.0. The number of aromatic nitrogens is 2. The lowest BCUT2D eigenvalue weighted by molar-refractivity contribution is -0.384. The number of hydrogen-bond acceptors (Lipinski definition) is 6. The first-order valence-corrected chi connectivity index (χ1v) is 8.64. The van der Waals surface area contributed by atoms with Crippen LogP contribution in [0, 0.1) is 24.0 Å². The summed E-state index contributed by atoms with van der Waals surface area (Å²) in [6.45, 7) is 6.04. The number of aryl methyl sites for hydroxylation is 2. The van der Waals surface area contributed by atoms with Crippen LogP contribution in [0.15, 0.2) is 52.1 Å². The van der Waals surface area contributed by atoms with Gasteiger partial charge in [0.2, 0.25) is 5.89 Å². The van der Waals surface area contributed by atoms with Gasteiger partial charge in [-0.15, -0.1) is 10.2 Å². The molecular formula is C18H17N3O3S. The summed E-state index contributed by atoms with van der Waals surface area (Å²) in [5.74, 6) is 0.469. The fourth-order valence-corrected chi connectivity index (χ4v) is 3.16. The van der Waals surface area contributed by atoms with Crippen LogP contribution in [0.25, 0.3) is 11.5 Å². The standard InChI is InChI=1S/C18H17N3O3S/c1-11-7-8-15(9-12(11)2)17-19-20-18(24-17)25-13(3)14-5-4-6-16(10-14)21(22)23/h4-10,13H,1-3H3/t13-/m1/s1. The van der Waals surface area contributed by atoms with E-state index in [4.69, 9.17) is 4.42 Å². The highest BCUT2D eigenvalue weighted by Crippen LogP contribution is 2.36. The van der Waals surface area contributed by atoms with Gasteiger partial charge in [0, 0.05) is 22.9 Å². The molecule has 0 aliphatic heterocycles. The molecule has 0 N–H and O–H groups in total. The molecule has 7 heteroatoms. The summed E-state index contributed by atoms with van der Waals surface area (Å²) in [7, 11) is 0. The van der Waals surface area contributed by atoms with Crippen molar-refractivity contribution in [2.75, 3.05) is 0 Å². The zero-order valence-electron chi connectivity index (χ0n) is 14.1. The molecule has 0 aliphatic carbocycles. The van der Waals surface area contributed by atoms with E-state index in [1.54, 1.807) is 12.1 Å². The first kappa shape index (κ1) is 17.2. The number of thioether (sulfide) groups is 1. The largest absolute Gasteiger partial charge is 0.411 e. The van der Waals surface area contributed by atoms with Crippen molar-refractivity contribution in [1.82, 2.24) is 10.2 Å². The Kier molecular flexibility index (Phi) is 4.85. The van der Waals surface area contributed by atoms with Gasteiger partial charge in [-0.2, -0.15) is 0 Å². The Morgan fingerprint density at radius 3 is 2.64 bits per heavy atom. The van der Waals surface area contributed by atoms with Gasteiger partial charge in [-0.3, -0.25) is 10.1 Å². The van der Waals surface area contributed by atoms with Crippen LogP contribution in [0.1, 0.15) is 28.9 Å². The van der Waals surface area contributed by atoms with Crippen molar-refractivity contribution in [2.45, 2.75) is 31.2 Å². The molecule has 0 amide bonds. The van der Waals surface area contributed by atoms with E-state index < -0.39 is 4.92 Å². The van der Waals surface area contributed by atoms with E-state index in [2.05, 4.69) is 17.1 Å². The maximum Gasteiger partial charge on any atom is 0.277 e. The molecule has 25 heavy (non-hydrogen) atoms. The lowest BCUT2D eigenvalue weighted by Gasteiger charge is -2.08. The average molecular weight is 355 g/mol. The van der Waals surface area contributed by atoms with Gasteiger partial charge in [0.1, 0.15) is 0 Å². The van der Waals surface area contributed by atoms with Gasteiger partial charge in [0.05, 0.1) is 4.92 Å². The summed E-state index contributed by atoms with van der Waals surface area (Å²) in [5.41, 5.74) is 4.16. The predicted octanol–water partition coefficient (Wildman–Crippen LogP) is 5.11. The van der Waals surface area contributed by atoms with Crippen LogP contribution in [0.5, 0.6) is 0 Å². The molecule has 0 fully saturated rings. The van der Waals surface area contributed by atoms with Gasteiger partial charge < -0.3 is 4.42 Å². The molecule has 6 nitrogen and oxygen atoms in total. The number of nitro groups is 1. The van der Waals surface area contributed by atoms with Crippen LogP contribution >= 0.6 is 11.8 Å². The lowest BCUT2D eigenvalue weighted by Crippen LogP contribution is -1.92. The monoisotopic (exact) mass is 355 g/mol. The summed E-state index contributed by atoms with van der Waals surface area (Å²) < 4.78 is 5.74. The Morgan fingerprint density at radius 2 is 1.92 bits per heavy atom. The summed E-state index contributed by atoms with van der Waals surface area (Å²) >= 11 is 1.38. The molecule has 1 heterocycles. The van der Waals surface area contributed by atoms with Gasteiger partial charge in [-0.1, -0.05) is 30.0 Å². The maximum atomic E-state index is 10.9. The first-order valence-electron chi connectivity index (χ1n) is 7.76. The summed E-state index contributed by atoms with van der Waals surface area (Å²) in [6.07, 6.45) is 0. The second kappa shape index (κ2) is 7.06. The molecule has 128 valence electrons. The van der Waals surface area contributed by atoms with E-state index in [1.807, 2.05) is 38.1 Å². The molecule has 0 aliphatic rings. The third-order valence-electron chi connectivity index (χ3n) is 3.99. The lowest BCUT2D eigenvalue weighted by atomic mass is 10.1. The van der Waals surface area contributed by atoms with Crippen molar-refractivity contribution in [3.8, 4) is 11.5 Å². The number of benzene rings is 2. The first-order chi connectivity index (χ1) is 11.9. The summed E-state index contributed by atoms with van der Waals surface area (Å²) in [4.78, 5) is 10.5. The minimum absolute atomic E-state index is 0.0482. The van der Waals surface area contributed by atoms with Gasteiger partial charge >= 0.3 is 0 Å². The van der Waals surface area contributed by atoms with Crippen LogP contribution in [0.2, 0.25) is 0 Å². The van der Waals surface area contributed by atoms with E-state index in [1.165, 1.54) is 23.4 Å². The number of rotatable bonds is 5. The SMILES string of the molecule is Cc1ccc(-c2nnc(S[C@H](C)c3cccc([N+](=O)[O-])c3)o2)cc1C. The number of nitro benzene ring substituents is 1. The minimum atomic E-state index is -0.397. The summed E-state index contributed by atoms with van der Waals surface area (Å²) in [6, 6.07) is 12.6.